The smallest absolute Gasteiger partial charge is 0.178 e. The molecule has 32 heavy (non-hydrogen) atoms. The number of nitrogens with zero attached hydrogens (tertiary/aromatic N) is 2. The number of aldehydes is 1. The number of fused-ring (bicyclic) bond motifs is 3. The minimum atomic E-state index is -0.368. The molecule has 4 rings (SSSR count). The van der Waals surface area contributed by atoms with Crippen LogP contribution in [-0.4, -0.2) is 33.1 Å². The Kier molecular flexibility index (Phi) is 5.89. The van der Waals surface area contributed by atoms with Gasteiger partial charge in [-0.15, -0.1) is 0 Å². The van der Waals surface area contributed by atoms with Crippen LogP contribution in [0.4, 0.5) is 21.5 Å². The maximum absolute atomic E-state index is 15.3. The number of likely N-dealkylation sites (N-methyl/N-ethyl adjacent to an activating group) is 1. The van der Waals surface area contributed by atoms with Gasteiger partial charge in [0.05, 0.1) is 17.5 Å². The lowest BCUT2D eigenvalue weighted by Gasteiger charge is -2.35. The average molecular weight is 435 g/mol. The molecule has 5 nitrogen and oxygen atoms in total. The van der Waals surface area contributed by atoms with Crippen LogP contribution in [0, 0.1) is 12.7 Å². The molecule has 1 aliphatic heterocycles. The number of aryl methyl sites for hydroxylation is 1. The first kappa shape index (κ1) is 21.8. The molecule has 0 fully saturated rings. The largest absolute Gasteiger partial charge is 0.451 e. The van der Waals surface area contributed by atoms with Crippen molar-refractivity contribution in [2.24, 2.45) is 0 Å². The first-order chi connectivity index (χ1) is 15.3. The highest BCUT2D eigenvalue weighted by atomic mass is 19.1. The predicted molar refractivity (Wildman–Crippen MR) is 127 cm³/mol. The summed E-state index contributed by atoms with van der Waals surface area (Å²) in [4.78, 5) is 15.2. The highest BCUT2D eigenvalue weighted by Gasteiger charge is 2.31. The number of ether oxygens (including phenoxy) is 2. The molecule has 1 heterocycles. The van der Waals surface area contributed by atoms with E-state index in [1.54, 1.807) is 20.2 Å². The van der Waals surface area contributed by atoms with Gasteiger partial charge in [-0.25, -0.2) is 4.39 Å². The van der Waals surface area contributed by atoms with Crippen LogP contribution in [-0.2, 0) is 9.53 Å². The molecule has 0 N–H and O–H groups in total. The van der Waals surface area contributed by atoms with Crippen molar-refractivity contribution < 1.29 is 18.7 Å². The van der Waals surface area contributed by atoms with Crippen molar-refractivity contribution in [3.8, 4) is 11.5 Å². The van der Waals surface area contributed by atoms with E-state index in [1.165, 1.54) is 6.07 Å². The van der Waals surface area contributed by atoms with Crippen molar-refractivity contribution >= 4 is 34.1 Å². The maximum atomic E-state index is 15.3. The molecule has 0 spiro atoms. The van der Waals surface area contributed by atoms with Crippen molar-refractivity contribution in [2.45, 2.75) is 26.9 Å². The van der Waals surface area contributed by atoms with Gasteiger partial charge in [0.15, 0.2) is 17.3 Å². The molecule has 6 heteroatoms. The molecule has 0 aromatic heterocycles. The Bertz CT molecular complexity index is 1220. The van der Waals surface area contributed by atoms with Gasteiger partial charge in [0.1, 0.15) is 12.0 Å². The second kappa shape index (κ2) is 8.63. The van der Waals surface area contributed by atoms with E-state index in [0.29, 0.717) is 40.6 Å². The molecule has 3 aromatic rings. The standard InChI is InChI=1S/C26H27FN2O3/c1-16(15-30)13-29-22-11-19-8-6-7-9-20(19)12-23(22)32-26-24(29)17(2)10-21(27)25(26)28(4)14-18(3)31-5/h6-13,15,18H,14H2,1-5H3/b16-13-. The van der Waals surface area contributed by atoms with Gasteiger partial charge < -0.3 is 19.3 Å². The van der Waals surface area contributed by atoms with Gasteiger partial charge in [-0.05, 0) is 55.3 Å². The molecule has 0 bridgehead atoms. The summed E-state index contributed by atoms with van der Waals surface area (Å²) in [6.07, 6.45) is 2.49. The van der Waals surface area contributed by atoms with E-state index < -0.39 is 0 Å². The quantitative estimate of drug-likeness (QED) is 0.346. The van der Waals surface area contributed by atoms with Crippen molar-refractivity contribution in [1.82, 2.24) is 0 Å². The number of rotatable bonds is 6. The van der Waals surface area contributed by atoms with E-state index in [1.807, 2.05) is 67.1 Å². The Morgan fingerprint density at radius 3 is 2.59 bits per heavy atom. The van der Waals surface area contributed by atoms with Crippen molar-refractivity contribution in [1.29, 1.82) is 0 Å². The fourth-order valence-corrected chi connectivity index (χ4v) is 4.11. The van der Waals surface area contributed by atoms with Gasteiger partial charge in [-0.2, -0.15) is 0 Å². The lowest BCUT2D eigenvalue weighted by molar-refractivity contribution is -0.104. The molecular formula is C26H27FN2O3. The van der Waals surface area contributed by atoms with Crippen LogP contribution in [0.15, 0.2) is 54.2 Å². The summed E-state index contributed by atoms with van der Waals surface area (Å²) < 4.78 is 27.0. The van der Waals surface area contributed by atoms with E-state index in [2.05, 4.69) is 0 Å². The van der Waals surface area contributed by atoms with Crippen LogP contribution in [0.5, 0.6) is 11.5 Å². The minimum Gasteiger partial charge on any atom is -0.451 e. The molecule has 166 valence electrons. The van der Waals surface area contributed by atoms with Crippen molar-refractivity contribution in [3.63, 3.8) is 0 Å². The number of allylic oxidation sites excluding steroid dienone is 1. The number of methoxy groups -OCH3 is 1. The zero-order valence-electron chi connectivity index (χ0n) is 19.0. The molecule has 0 saturated heterocycles. The van der Waals surface area contributed by atoms with Gasteiger partial charge in [0.25, 0.3) is 0 Å². The van der Waals surface area contributed by atoms with Crippen molar-refractivity contribution in [2.75, 3.05) is 30.5 Å². The van der Waals surface area contributed by atoms with Crippen LogP contribution in [0.3, 0.4) is 0 Å². The molecule has 1 aliphatic rings. The molecule has 1 unspecified atom stereocenters. The summed E-state index contributed by atoms with van der Waals surface area (Å²) in [5.41, 5.74) is 3.12. The average Bonchev–Trinajstić information content (AvgIpc) is 2.77. The van der Waals surface area contributed by atoms with Gasteiger partial charge in [0.2, 0.25) is 0 Å². The van der Waals surface area contributed by atoms with E-state index in [-0.39, 0.29) is 11.9 Å². The number of hydrogen-bond acceptors (Lipinski definition) is 5. The summed E-state index contributed by atoms with van der Waals surface area (Å²) in [6.45, 7) is 6.00. The van der Waals surface area contributed by atoms with E-state index in [4.69, 9.17) is 9.47 Å². The SMILES string of the molecule is COC(C)CN(C)c1c(F)cc(C)c2c1Oc1cc3ccccc3cc1N2/C=C(/C)C=O. The van der Waals surface area contributed by atoms with E-state index in [0.717, 1.165) is 22.7 Å². The van der Waals surface area contributed by atoms with Gasteiger partial charge in [0, 0.05) is 32.5 Å². The summed E-state index contributed by atoms with van der Waals surface area (Å²) in [6, 6.07) is 13.5. The first-order valence-corrected chi connectivity index (χ1v) is 10.5. The summed E-state index contributed by atoms with van der Waals surface area (Å²) in [5, 5.41) is 2.06. The zero-order chi connectivity index (χ0) is 23.0. The molecule has 0 saturated carbocycles. The van der Waals surface area contributed by atoms with Crippen LogP contribution < -0.4 is 14.5 Å². The third kappa shape index (κ3) is 3.82. The van der Waals surface area contributed by atoms with Gasteiger partial charge >= 0.3 is 0 Å². The fourth-order valence-electron chi connectivity index (χ4n) is 4.11. The number of benzene rings is 3. The Morgan fingerprint density at radius 2 is 1.94 bits per heavy atom. The normalized spacial score (nSPS) is 13.9. The predicted octanol–water partition coefficient (Wildman–Crippen LogP) is 6.10. The summed E-state index contributed by atoms with van der Waals surface area (Å²) >= 11 is 0. The van der Waals surface area contributed by atoms with Crippen LogP contribution in [0.2, 0.25) is 0 Å². The number of hydrogen-bond donors (Lipinski definition) is 0. The Labute approximate surface area is 187 Å². The van der Waals surface area contributed by atoms with Crippen LogP contribution in [0.1, 0.15) is 19.4 Å². The third-order valence-electron chi connectivity index (χ3n) is 5.75. The summed E-state index contributed by atoms with van der Waals surface area (Å²) in [5.74, 6) is 0.656. The van der Waals surface area contributed by atoms with E-state index in [9.17, 15) is 4.79 Å². The highest BCUT2D eigenvalue weighted by molar-refractivity contribution is 5.95. The van der Waals surface area contributed by atoms with Crippen molar-refractivity contribution in [3.05, 3.63) is 65.6 Å². The molecular weight excluding hydrogens is 407 g/mol. The monoisotopic (exact) mass is 434 g/mol. The number of anilines is 3. The Hall–Kier alpha value is -3.38. The lowest BCUT2D eigenvalue weighted by atomic mass is 10.0. The Balaban J connectivity index is 1.98. The number of halogens is 1. The summed E-state index contributed by atoms with van der Waals surface area (Å²) in [7, 11) is 3.45. The molecule has 1 atom stereocenters. The highest BCUT2D eigenvalue weighted by Crippen LogP contribution is 2.54. The zero-order valence-corrected chi connectivity index (χ0v) is 19.0. The fraction of sp³-hybridized carbons (Fsp3) is 0.269. The second-order valence-electron chi connectivity index (χ2n) is 8.26. The number of carbonyl (C=O) groups excluding carboxylic acids is 1. The molecule has 0 amide bonds. The van der Waals surface area contributed by atoms with Crippen LogP contribution >= 0.6 is 0 Å². The van der Waals surface area contributed by atoms with Gasteiger partial charge in [-0.3, -0.25) is 4.79 Å². The first-order valence-electron chi connectivity index (χ1n) is 10.5. The second-order valence-corrected chi connectivity index (χ2v) is 8.26. The van der Waals surface area contributed by atoms with Gasteiger partial charge in [-0.1, -0.05) is 24.3 Å². The van der Waals surface area contributed by atoms with E-state index >= 15 is 4.39 Å². The van der Waals surface area contributed by atoms with Crippen LogP contribution in [0.25, 0.3) is 10.8 Å². The Morgan fingerprint density at radius 1 is 1.25 bits per heavy atom. The topological polar surface area (TPSA) is 42.0 Å². The lowest BCUT2D eigenvalue weighted by Crippen LogP contribution is -2.30. The maximum Gasteiger partial charge on any atom is 0.178 e. The number of carbonyl (C=O) groups is 1. The molecule has 0 aliphatic carbocycles. The third-order valence-corrected chi connectivity index (χ3v) is 5.75. The minimum absolute atomic E-state index is 0.0931. The molecule has 3 aromatic carbocycles. The molecule has 0 radical (unpaired) electrons.